The second-order valence-electron chi connectivity index (χ2n) is 3.74. The van der Waals surface area contributed by atoms with Gasteiger partial charge in [0.25, 0.3) is 10.0 Å². The van der Waals surface area contributed by atoms with Gasteiger partial charge in [-0.3, -0.25) is 9.71 Å². The Kier molecular flexibility index (Phi) is 3.93. The lowest BCUT2D eigenvalue weighted by molar-refractivity contribution is 0.601. The summed E-state index contributed by atoms with van der Waals surface area (Å²) in [7, 11) is -3.75. The summed E-state index contributed by atoms with van der Waals surface area (Å²) in [6, 6.07) is 4.41. The molecule has 0 bridgehead atoms. The molecule has 0 aliphatic heterocycles. The molecule has 100 valence electrons. The highest BCUT2D eigenvalue weighted by Gasteiger charge is 2.16. The predicted molar refractivity (Wildman–Crippen MR) is 74.0 cm³/mol. The van der Waals surface area contributed by atoms with E-state index in [1.54, 1.807) is 19.1 Å². The number of aryl methyl sites for hydroxylation is 1. The average Bonchev–Trinajstić information content (AvgIpc) is 2.32. The molecule has 0 spiro atoms. The van der Waals surface area contributed by atoms with E-state index in [9.17, 15) is 8.42 Å². The van der Waals surface area contributed by atoms with Crippen LogP contribution in [0.1, 0.15) is 5.69 Å². The van der Waals surface area contributed by atoms with Crippen molar-refractivity contribution >= 4 is 38.9 Å². The van der Waals surface area contributed by atoms with Crippen molar-refractivity contribution in [1.29, 1.82) is 0 Å². The first kappa shape index (κ1) is 14.0. The topological polar surface area (TPSA) is 72.0 Å². The Morgan fingerprint density at radius 1 is 1.21 bits per heavy atom. The number of aromatic nitrogens is 2. The number of hydrogen-bond donors (Lipinski definition) is 1. The van der Waals surface area contributed by atoms with Crippen molar-refractivity contribution in [1.82, 2.24) is 9.97 Å². The molecule has 2 rings (SSSR count). The third kappa shape index (κ3) is 3.34. The highest BCUT2D eigenvalue weighted by atomic mass is 35.5. The van der Waals surface area contributed by atoms with E-state index in [0.717, 1.165) is 6.20 Å². The van der Waals surface area contributed by atoms with Crippen molar-refractivity contribution in [2.75, 3.05) is 4.72 Å². The minimum Gasteiger partial charge on any atom is -0.279 e. The van der Waals surface area contributed by atoms with Crippen molar-refractivity contribution in [2.24, 2.45) is 0 Å². The molecule has 2 aromatic rings. The molecule has 0 unspecified atom stereocenters. The fourth-order valence-electron chi connectivity index (χ4n) is 1.37. The molecule has 0 aliphatic rings. The first-order valence-corrected chi connectivity index (χ1v) is 7.39. The van der Waals surface area contributed by atoms with Gasteiger partial charge in [0, 0.05) is 18.1 Å². The van der Waals surface area contributed by atoms with E-state index in [0.29, 0.717) is 11.4 Å². The van der Waals surface area contributed by atoms with Gasteiger partial charge in [-0.05, 0) is 25.1 Å². The lowest BCUT2D eigenvalue weighted by Crippen LogP contribution is -2.13. The molecular weight excluding hydrogens is 309 g/mol. The number of nitrogens with one attached hydrogen (secondary N) is 1. The van der Waals surface area contributed by atoms with Gasteiger partial charge in [-0.2, -0.15) is 0 Å². The summed E-state index contributed by atoms with van der Waals surface area (Å²) in [6.45, 7) is 1.76. The van der Waals surface area contributed by atoms with E-state index in [2.05, 4.69) is 14.7 Å². The summed E-state index contributed by atoms with van der Waals surface area (Å²) >= 11 is 11.4. The van der Waals surface area contributed by atoms with E-state index >= 15 is 0 Å². The third-order valence-corrected chi connectivity index (χ3v) is 4.26. The summed E-state index contributed by atoms with van der Waals surface area (Å²) in [5.74, 6) is 0. The number of halogens is 2. The van der Waals surface area contributed by atoms with Gasteiger partial charge in [0.05, 0.1) is 10.7 Å². The van der Waals surface area contributed by atoms with Crippen LogP contribution >= 0.6 is 23.2 Å². The van der Waals surface area contributed by atoms with Crippen LogP contribution < -0.4 is 4.72 Å². The standard InChI is InChI=1S/C11H9Cl2N3O2S/c1-7-4-8(2-3-14-7)16-19(17,18)9-5-10(12)11(13)15-6-9/h2-6H,1H3,(H,14,16). The lowest BCUT2D eigenvalue weighted by Gasteiger charge is -2.08. The molecule has 1 N–H and O–H groups in total. The normalized spacial score (nSPS) is 11.3. The minimum absolute atomic E-state index is 0.0559. The molecule has 5 nitrogen and oxygen atoms in total. The number of rotatable bonds is 3. The zero-order valence-corrected chi connectivity index (χ0v) is 12.1. The first-order chi connectivity index (χ1) is 8.88. The highest BCUT2D eigenvalue weighted by molar-refractivity contribution is 7.92. The van der Waals surface area contributed by atoms with E-state index in [1.807, 2.05) is 0 Å². The van der Waals surface area contributed by atoms with Crippen molar-refractivity contribution in [3.63, 3.8) is 0 Å². The second-order valence-corrected chi connectivity index (χ2v) is 6.18. The second kappa shape index (κ2) is 5.32. The summed E-state index contributed by atoms with van der Waals surface area (Å²) in [5.41, 5.74) is 1.12. The largest absolute Gasteiger partial charge is 0.279 e. The Hall–Kier alpha value is -1.37. The summed E-state index contributed by atoms with van der Waals surface area (Å²) in [5, 5.41) is 0.135. The fraction of sp³-hybridized carbons (Fsp3) is 0.0909. The van der Waals surface area contributed by atoms with E-state index < -0.39 is 10.0 Å². The van der Waals surface area contributed by atoms with E-state index in [-0.39, 0.29) is 15.1 Å². The number of anilines is 1. The maximum atomic E-state index is 12.1. The lowest BCUT2D eigenvalue weighted by atomic mass is 10.3. The maximum absolute atomic E-state index is 12.1. The molecule has 0 fully saturated rings. The average molecular weight is 318 g/mol. The zero-order chi connectivity index (χ0) is 14.0. The van der Waals surface area contributed by atoms with Crippen LogP contribution in [0.5, 0.6) is 0 Å². The molecule has 2 aromatic heterocycles. The number of nitrogens with zero attached hydrogens (tertiary/aromatic N) is 2. The van der Waals surface area contributed by atoms with Gasteiger partial charge in [-0.25, -0.2) is 13.4 Å². The monoisotopic (exact) mass is 317 g/mol. The van der Waals surface area contributed by atoms with Gasteiger partial charge in [0.1, 0.15) is 10.0 Å². The summed E-state index contributed by atoms with van der Waals surface area (Å²) in [4.78, 5) is 7.63. The van der Waals surface area contributed by atoms with Gasteiger partial charge < -0.3 is 0 Å². The molecule has 0 saturated heterocycles. The molecule has 0 aliphatic carbocycles. The van der Waals surface area contributed by atoms with Crippen molar-refractivity contribution in [2.45, 2.75) is 11.8 Å². The van der Waals surface area contributed by atoms with Crippen LogP contribution in [0.25, 0.3) is 0 Å². The van der Waals surface area contributed by atoms with Gasteiger partial charge in [0.15, 0.2) is 0 Å². The summed E-state index contributed by atoms with van der Waals surface area (Å²) < 4.78 is 26.6. The van der Waals surface area contributed by atoms with Crippen molar-refractivity contribution in [3.8, 4) is 0 Å². The Bertz CT molecular complexity index is 720. The fourth-order valence-corrected chi connectivity index (χ4v) is 2.73. The molecular formula is C11H9Cl2N3O2S. The Labute approximate surface area is 120 Å². The molecule has 2 heterocycles. The number of sulfonamides is 1. The molecule has 0 amide bonds. The van der Waals surface area contributed by atoms with Gasteiger partial charge >= 0.3 is 0 Å². The quantitative estimate of drug-likeness (QED) is 0.883. The smallest absolute Gasteiger partial charge is 0.263 e. The molecule has 0 aromatic carbocycles. The van der Waals surface area contributed by atoms with Crippen LogP contribution in [0.4, 0.5) is 5.69 Å². The molecule has 0 saturated carbocycles. The molecule has 8 heteroatoms. The third-order valence-electron chi connectivity index (χ3n) is 2.23. The van der Waals surface area contributed by atoms with Gasteiger partial charge in [-0.1, -0.05) is 23.2 Å². The minimum atomic E-state index is -3.75. The van der Waals surface area contributed by atoms with Crippen molar-refractivity contribution < 1.29 is 8.42 Å². The highest BCUT2D eigenvalue weighted by Crippen LogP contribution is 2.23. The first-order valence-electron chi connectivity index (χ1n) is 5.15. The van der Waals surface area contributed by atoms with Crippen LogP contribution in [-0.2, 0) is 10.0 Å². The van der Waals surface area contributed by atoms with E-state index in [1.165, 1.54) is 12.3 Å². The van der Waals surface area contributed by atoms with Crippen LogP contribution in [0.3, 0.4) is 0 Å². The Morgan fingerprint density at radius 3 is 2.58 bits per heavy atom. The molecule has 0 radical (unpaired) electrons. The van der Waals surface area contributed by atoms with Crippen LogP contribution in [0, 0.1) is 6.92 Å². The number of pyridine rings is 2. The van der Waals surface area contributed by atoms with E-state index in [4.69, 9.17) is 23.2 Å². The maximum Gasteiger partial charge on any atom is 0.263 e. The molecule has 0 atom stereocenters. The zero-order valence-electron chi connectivity index (χ0n) is 9.76. The molecule has 19 heavy (non-hydrogen) atoms. The van der Waals surface area contributed by atoms with Crippen LogP contribution in [-0.4, -0.2) is 18.4 Å². The predicted octanol–water partition coefficient (Wildman–Crippen LogP) is 2.89. The van der Waals surface area contributed by atoms with Gasteiger partial charge in [0.2, 0.25) is 0 Å². The SMILES string of the molecule is Cc1cc(NS(=O)(=O)c2cnc(Cl)c(Cl)c2)ccn1. The van der Waals surface area contributed by atoms with Crippen molar-refractivity contribution in [3.05, 3.63) is 46.5 Å². The Morgan fingerprint density at radius 2 is 1.95 bits per heavy atom. The Balaban J connectivity index is 2.35. The van der Waals surface area contributed by atoms with Crippen LogP contribution in [0.15, 0.2) is 35.5 Å². The van der Waals surface area contributed by atoms with Crippen LogP contribution in [0.2, 0.25) is 10.2 Å². The summed E-state index contributed by atoms with van der Waals surface area (Å²) in [6.07, 6.45) is 2.66. The van der Waals surface area contributed by atoms with Gasteiger partial charge in [-0.15, -0.1) is 0 Å². The number of hydrogen-bond acceptors (Lipinski definition) is 4.